The third kappa shape index (κ3) is 9.13. The number of amides is 2. The van der Waals surface area contributed by atoms with Gasteiger partial charge in [0.25, 0.3) is 10.0 Å². The zero-order chi connectivity index (χ0) is 35.1. The Morgan fingerprint density at radius 1 is 0.875 bits per heavy atom. The van der Waals surface area contributed by atoms with Gasteiger partial charge in [0.2, 0.25) is 11.8 Å². The number of sulfonamides is 1. The van der Waals surface area contributed by atoms with Crippen LogP contribution in [0.5, 0.6) is 0 Å². The molecule has 48 heavy (non-hydrogen) atoms. The fraction of sp³-hybridized carbons (Fsp3) is 0.257. The number of alkyl halides is 3. The molecule has 2 amide bonds. The standard InChI is InChI=1S/C35H34ClF4N3O4S/c1-3-24(2)41-34(45)32(20-25-10-6-4-7-11-25)42(22-26-14-17-28(37)18-15-26)33(44)23-43(48(46,47)29-12-8-5-9-13-29)31-21-27(35(38,39)40)16-19-30(31)36/h4-19,21,24,32H,3,20,22-23H2,1-2H3,(H,41,45)/t24-,32-/m0/s1. The Morgan fingerprint density at radius 2 is 1.48 bits per heavy atom. The van der Waals surface area contributed by atoms with Gasteiger partial charge in [-0.2, -0.15) is 13.2 Å². The van der Waals surface area contributed by atoms with Gasteiger partial charge in [-0.3, -0.25) is 13.9 Å². The van der Waals surface area contributed by atoms with Crippen LogP contribution < -0.4 is 9.62 Å². The van der Waals surface area contributed by atoms with Crippen LogP contribution in [0.25, 0.3) is 0 Å². The number of halogens is 5. The Balaban J connectivity index is 1.87. The van der Waals surface area contributed by atoms with E-state index in [0.29, 0.717) is 34.0 Å². The zero-order valence-electron chi connectivity index (χ0n) is 26.1. The lowest BCUT2D eigenvalue weighted by Crippen LogP contribution is -2.54. The van der Waals surface area contributed by atoms with E-state index < -0.39 is 57.7 Å². The van der Waals surface area contributed by atoms with Crippen molar-refractivity contribution in [3.05, 3.63) is 131 Å². The van der Waals surface area contributed by atoms with E-state index in [0.717, 1.165) is 11.0 Å². The quantitative estimate of drug-likeness (QED) is 0.149. The minimum absolute atomic E-state index is 0.0196. The second-order valence-corrected chi connectivity index (χ2v) is 13.4. The summed E-state index contributed by atoms with van der Waals surface area (Å²) in [6.07, 6.45) is -4.26. The molecule has 0 saturated heterocycles. The van der Waals surface area contributed by atoms with Gasteiger partial charge in [-0.05, 0) is 66.9 Å². The van der Waals surface area contributed by atoms with Gasteiger partial charge in [-0.1, -0.05) is 79.2 Å². The summed E-state index contributed by atoms with van der Waals surface area (Å²) in [6, 6.07) is 21.6. The predicted molar refractivity (Wildman–Crippen MR) is 176 cm³/mol. The lowest BCUT2D eigenvalue weighted by molar-refractivity contribution is -0.140. The molecular formula is C35H34ClF4N3O4S. The lowest BCUT2D eigenvalue weighted by atomic mass is 10.0. The third-order valence-corrected chi connectivity index (χ3v) is 9.78. The van der Waals surface area contributed by atoms with Gasteiger partial charge in [0.15, 0.2) is 0 Å². The maximum absolute atomic E-state index is 14.5. The summed E-state index contributed by atoms with van der Waals surface area (Å²) < 4.78 is 84.0. The molecule has 7 nitrogen and oxygen atoms in total. The fourth-order valence-electron chi connectivity index (χ4n) is 4.89. The lowest BCUT2D eigenvalue weighted by Gasteiger charge is -2.34. The van der Waals surface area contributed by atoms with Crippen molar-refractivity contribution in [3.8, 4) is 0 Å². The second kappa shape index (κ2) is 15.7. The molecular weight excluding hydrogens is 670 g/mol. The number of rotatable bonds is 13. The highest BCUT2D eigenvalue weighted by atomic mass is 35.5. The van der Waals surface area contributed by atoms with E-state index in [1.54, 1.807) is 43.3 Å². The molecule has 0 aliphatic heterocycles. The second-order valence-electron chi connectivity index (χ2n) is 11.2. The molecule has 4 aromatic carbocycles. The molecule has 13 heteroatoms. The molecule has 4 aromatic rings. The molecule has 0 aliphatic carbocycles. The SMILES string of the molecule is CC[C@H](C)NC(=O)[C@H](Cc1ccccc1)N(Cc1ccc(F)cc1)C(=O)CN(c1cc(C(F)(F)F)ccc1Cl)S(=O)(=O)c1ccccc1. The Hall–Kier alpha value is -4.42. The van der Waals surface area contributed by atoms with Crippen LogP contribution >= 0.6 is 11.6 Å². The molecule has 2 atom stereocenters. The summed E-state index contributed by atoms with van der Waals surface area (Å²) in [5, 5.41) is 2.53. The zero-order valence-corrected chi connectivity index (χ0v) is 27.7. The molecule has 0 radical (unpaired) electrons. The highest BCUT2D eigenvalue weighted by Crippen LogP contribution is 2.37. The van der Waals surface area contributed by atoms with E-state index in [2.05, 4.69) is 5.32 Å². The number of hydrogen-bond acceptors (Lipinski definition) is 4. The molecule has 0 bridgehead atoms. The maximum atomic E-state index is 14.5. The first-order chi connectivity index (χ1) is 22.7. The summed E-state index contributed by atoms with van der Waals surface area (Å²) >= 11 is 6.34. The van der Waals surface area contributed by atoms with Crippen LogP contribution in [0.2, 0.25) is 5.02 Å². The Labute approximate surface area is 282 Å². The highest BCUT2D eigenvalue weighted by Gasteiger charge is 2.37. The van der Waals surface area contributed by atoms with Gasteiger partial charge in [-0.15, -0.1) is 0 Å². The van der Waals surface area contributed by atoms with Crippen molar-refractivity contribution in [2.75, 3.05) is 10.8 Å². The number of nitrogens with zero attached hydrogens (tertiary/aromatic N) is 2. The van der Waals surface area contributed by atoms with Gasteiger partial charge in [-0.25, -0.2) is 12.8 Å². The number of nitrogens with one attached hydrogen (secondary N) is 1. The average Bonchev–Trinajstić information content (AvgIpc) is 3.06. The molecule has 0 fully saturated rings. The first kappa shape index (κ1) is 36.4. The van der Waals surface area contributed by atoms with Gasteiger partial charge >= 0.3 is 6.18 Å². The summed E-state index contributed by atoms with van der Waals surface area (Å²) in [6.45, 7) is 2.39. The summed E-state index contributed by atoms with van der Waals surface area (Å²) in [7, 11) is -4.69. The van der Waals surface area contributed by atoms with Gasteiger partial charge in [0.1, 0.15) is 18.4 Å². The normalized spacial score (nSPS) is 13.0. The summed E-state index contributed by atoms with van der Waals surface area (Å²) in [5.41, 5.74) is -0.642. The number of carbonyl (C=O) groups is 2. The number of carbonyl (C=O) groups excluding carboxylic acids is 2. The van der Waals surface area contributed by atoms with Crippen LogP contribution in [0.1, 0.15) is 37.0 Å². The van der Waals surface area contributed by atoms with Gasteiger partial charge in [0, 0.05) is 19.0 Å². The van der Waals surface area contributed by atoms with Crippen LogP contribution in [0, 0.1) is 5.82 Å². The van der Waals surface area contributed by atoms with E-state index in [1.807, 2.05) is 6.92 Å². The third-order valence-electron chi connectivity index (χ3n) is 7.69. The van der Waals surface area contributed by atoms with Gasteiger partial charge < -0.3 is 10.2 Å². The topological polar surface area (TPSA) is 86.8 Å². The smallest absolute Gasteiger partial charge is 0.352 e. The van der Waals surface area contributed by atoms with Gasteiger partial charge in [0.05, 0.1) is 21.2 Å². The molecule has 0 spiro atoms. The van der Waals surface area contributed by atoms with Crippen molar-refractivity contribution in [1.82, 2.24) is 10.2 Å². The van der Waals surface area contributed by atoms with Crippen LogP contribution in [-0.4, -0.2) is 43.8 Å². The first-order valence-electron chi connectivity index (χ1n) is 15.0. The molecule has 254 valence electrons. The van der Waals surface area contributed by atoms with Crippen molar-refractivity contribution < 1.29 is 35.6 Å². The van der Waals surface area contributed by atoms with Crippen molar-refractivity contribution in [2.24, 2.45) is 0 Å². The maximum Gasteiger partial charge on any atom is 0.416 e. The van der Waals surface area contributed by atoms with Crippen molar-refractivity contribution >= 4 is 39.1 Å². The van der Waals surface area contributed by atoms with Crippen LogP contribution in [0.3, 0.4) is 0 Å². The van der Waals surface area contributed by atoms with Crippen LogP contribution in [0.4, 0.5) is 23.2 Å². The monoisotopic (exact) mass is 703 g/mol. The van der Waals surface area contributed by atoms with E-state index in [9.17, 15) is 35.6 Å². The van der Waals surface area contributed by atoms with E-state index in [4.69, 9.17) is 11.6 Å². The molecule has 0 aromatic heterocycles. The van der Waals surface area contributed by atoms with Crippen molar-refractivity contribution in [3.63, 3.8) is 0 Å². The molecule has 0 unspecified atom stereocenters. The minimum atomic E-state index is -4.85. The van der Waals surface area contributed by atoms with Crippen LogP contribution in [-0.2, 0) is 38.8 Å². The van der Waals surface area contributed by atoms with E-state index in [-0.39, 0.29) is 28.9 Å². The first-order valence-corrected chi connectivity index (χ1v) is 16.8. The van der Waals surface area contributed by atoms with Crippen molar-refractivity contribution in [1.29, 1.82) is 0 Å². The Morgan fingerprint density at radius 3 is 2.06 bits per heavy atom. The largest absolute Gasteiger partial charge is 0.416 e. The molecule has 1 N–H and O–H groups in total. The fourth-order valence-corrected chi connectivity index (χ4v) is 6.61. The summed E-state index contributed by atoms with van der Waals surface area (Å²) in [4.78, 5) is 29.2. The van der Waals surface area contributed by atoms with E-state index in [1.165, 1.54) is 48.5 Å². The molecule has 0 heterocycles. The Kier molecular flexibility index (Phi) is 11.9. The predicted octanol–water partition coefficient (Wildman–Crippen LogP) is 7.25. The molecule has 0 aliphatic rings. The van der Waals surface area contributed by atoms with E-state index >= 15 is 0 Å². The molecule has 0 saturated carbocycles. The molecule has 4 rings (SSSR count). The number of hydrogen-bond donors (Lipinski definition) is 1. The Bertz CT molecular complexity index is 1810. The average molecular weight is 704 g/mol. The van der Waals surface area contributed by atoms with Crippen molar-refractivity contribution in [2.45, 2.75) is 56.4 Å². The summed E-state index contributed by atoms with van der Waals surface area (Å²) in [5.74, 6) is -1.97. The number of anilines is 1. The minimum Gasteiger partial charge on any atom is -0.352 e. The highest BCUT2D eigenvalue weighted by molar-refractivity contribution is 7.92. The number of benzene rings is 4. The van der Waals surface area contributed by atoms with Crippen LogP contribution in [0.15, 0.2) is 108 Å².